The zero-order chi connectivity index (χ0) is 27.9. The topological polar surface area (TPSA) is 117 Å². The molecule has 11 nitrogen and oxygen atoms in total. The van der Waals surface area contributed by atoms with Crippen LogP contribution in [-0.2, 0) is 23.9 Å². The van der Waals surface area contributed by atoms with E-state index in [2.05, 4.69) is 26.6 Å². The van der Waals surface area contributed by atoms with Gasteiger partial charge in [-0.2, -0.15) is 0 Å². The molecule has 3 heterocycles. The first-order valence-corrected chi connectivity index (χ1v) is 17.5. The van der Waals surface area contributed by atoms with Crippen LogP contribution in [-0.4, -0.2) is 109 Å². The fourth-order valence-corrected chi connectivity index (χ4v) is 6.54. The summed E-state index contributed by atoms with van der Waals surface area (Å²) in [6.07, 6.45) is 2.89. The minimum Gasteiger partial charge on any atom is -0.375 e. The maximum absolute atomic E-state index is 13.4. The number of hydrogen-bond donors (Lipinski definition) is 0. The van der Waals surface area contributed by atoms with E-state index in [4.69, 9.17) is 9.47 Å². The highest BCUT2D eigenvalue weighted by Gasteiger charge is 2.63. The van der Waals surface area contributed by atoms with E-state index >= 15 is 0 Å². The van der Waals surface area contributed by atoms with E-state index in [1.54, 1.807) is 4.90 Å². The third-order valence-electron chi connectivity index (χ3n) is 8.34. The molecule has 1 aliphatic carbocycles. The normalized spacial score (nSPS) is 28.1. The summed E-state index contributed by atoms with van der Waals surface area (Å²) in [5.41, 5.74) is -1.26. The number of amides is 7. The Kier molecular flexibility index (Phi) is 8.07. The maximum atomic E-state index is 13.4. The molecule has 7 amide bonds. The Hall–Kier alpha value is -2.31. The van der Waals surface area contributed by atoms with Gasteiger partial charge in [0.2, 0.25) is 11.8 Å². The Morgan fingerprint density at radius 2 is 1.63 bits per heavy atom. The number of nitrogens with zero attached hydrogens (tertiary/aromatic N) is 4. The van der Waals surface area contributed by atoms with Crippen molar-refractivity contribution in [1.82, 2.24) is 19.6 Å². The zero-order valence-corrected chi connectivity index (χ0v) is 24.4. The van der Waals surface area contributed by atoms with Gasteiger partial charge in [0, 0.05) is 33.8 Å². The Morgan fingerprint density at radius 1 is 0.974 bits per heavy atom. The van der Waals surface area contributed by atoms with E-state index in [9.17, 15) is 24.0 Å². The standard InChI is InChI=1S/C26H42N4O7Si/c1-6-11-27-20(31)14-21(32)30(24(27)35)19-7-9-25(2,10-8-19)15-29-23(34)28(18-36-12-13-38(3,4)5)22(33)26(29)16-37-17-26/h19H,6-18H2,1-5H3. The van der Waals surface area contributed by atoms with Gasteiger partial charge < -0.3 is 14.4 Å². The molecular formula is C26H42N4O7Si. The summed E-state index contributed by atoms with van der Waals surface area (Å²) in [4.78, 5) is 69.9. The first-order chi connectivity index (χ1) is 17.8. The number of imide groups is 3. The van der Waals surface area contributed by atoms with Crippen molar-refractivity contribution in [3.05, 3.63) is 0 Å². The molecule has 0 N–H and O–H groups in total. The van der Waals surface area contributed by atoms with E-state index in [1.807, 2.05) is 6.92 Å². The van der Waals surface area contributed by atoms with Crippen molar-refractivity contribution in [2.75, 3.05) is 39.6 Å². The molecule has 0 radical (unpaired) electrons. The summed E-state index contributed by atoms with van der Waals surface area (Å²) in [5, 5.41) is 0. The molecule has 12 heteroatoms. The number of hydrogen-bond acceptors (Lipinski definition) is 7. The first kappa shape index (κ1) is 28.7. The van der Waals surface area contributed by atoms with Gasteiger partial charge >= 0.3 is 12.1 Å². The first-order valence-electron chi connectivity index (χ1n) is 13.8. The quantitative estimate of drug-likeness (QED) is 0.178. The predicted molar refractivity (Wildman–Crippen MR) is 141 cm³/mol. The van der Waals surface area contributed by atoms with E-state index in [-0.39, 0.29) is 49.8 Å². The van der Waals surface area contributed by atoms with Gasteiger partial charge in [-0.25, -0.2) is 14.5 Å². The second-order valence-corrected chi connectivity index (χ2v) is 18.4. The SMILES string of the molecule is CCCN1C(=O)CC(=O)N(C2CCC(C)(CN3C(=O)N(COCC[Si](C)(C)C)C(=O)C34COC4)CC2)C1=O. The summed E-state index contributed by atoms with van der Waals surface area (Å²) in [6.45, 7) is 12.2. The maximum Gasteiger partial charge on any atom is 0.333 e. The highest BCUT2D eigenvalue weighted by molar-refractivity contribution is 6.76. The molecule has 3 saturated heterocycles. The van der Waals surface area contributed by atoms with Crippen molar-refractivity contribution in [3.8, 4) is 0 Å². The van der Waals surface area contributed by atoms with Gasteiger partial charge in [0.05, 0.1) is 13.2 Å². The van der Waals surface area contributed by atoms with Gasteiger partial charge in [-0.15, -0.1) is 0 Å². The molecule has 1 spiro atoms. The van der Waals surface area contributed by atoms with Gasteiger partial charge in [-0.3, -0.25) is 24.2 Å². The molecule has 38 heavy (non-hydrogen) atoms. The fourth-order valence-electron chi connectivity index (χ4n) is 5.78. The third-order valence-corrected chi connectivity index (χ3v) is 10.0. The highest BCUT2D eigenvalue weighted by atomic mass is 28.3. The summed E-state index contributed by atoms with van der Waals surface area (Å²) in [5.74, 6) is -1.13. The Morgan fingerprint density at radius 3 is 2.18 bits per heavy atom. The lowest BCUT2D eigenvalue weighted by atomic mass is 9.72. The van der Waals surface area contributed by atoms with Crippen LogP contribution in [0.5, 0.6) is 0 Å². The number of carbonyl (C=O) groups excluding carboxylic acids is 5. The molecule has 0 unspecified atom stereocenters. The molecule has 4 rings (SSSR count). The van der Waals surface area contributed by atoms with E-state index in [1.165, 1.54) is 14.7 Å². The molecule has 0 aromatic rings. The number of rotatable bonds is 10. The summed E-state index contributed by atoms with van der Waals surface area (Å²) in [6, 6.07) is -0.182. The van der Waals surface area contributed by atoms with E-state index in [0.717, 1.165) is 6.04 Å². The van der Waals surface area contributed by atoms with Crippen molar-refractivity contribution < 1.29 is 33.4 Å². The van der Waals surface area contributed by atoms with E-state index in [0.29, 0.717) is 51.8 Å². The van der Waals surface area contributed by atoms with Crippen LogP contribution < -0.4 is 0 Å². The molecule has 4 fully saturated rings. The average Bonchev–Trinajstić information content (AvgIpc) is 3.00. The van der Waals surface area contributed by atoms with Crippen LogP contribution in [0.25, 0.3) is 0 Å². The van der Waals surface area contributed by atoms with Gasteiger partial charge in [0.1, 0.15) is 13.2 Å². The Bertz CT molecular complexity index is 985. The van der Waals surface area contributed by atoms with Gasteiger partial charge in [-0.05, 0) is 43.6 Å². The lowest BCUT2D eigenvalue weighted by Crippen LogP contribution is -2.65. The lowest BCUT2D eigenvalue weighted by molar-refractivity contribution is -0.163. The van der Waals surface area contributed by atoms with Crippen LogP contribution in [0.1, 0.15) is 52.4 Å². The van der Waals surface area contributed by atoms with Crippen molar-refractivity contribution in [1.29, 1.82) is 0 Å². The number of urea groups is 2. The van der Waals surface area contributed by atoms with Crippen LogP contribution in [0.3, 0.4) is 0 Å². The van der Waals surface area contributed by atoms with Crippen LogP contribution in [0.15, 0.2) is 0 Å². The Balaban J connectivity index is 1.39. The van der Waals surface area contributed by atoms with Gasteiger partial charge in [-0.1, -0.05) is 33.5 Å². The summed E-state index contributed by atoms with van der Waals surface area (Å²) >= 11 is 0. The number of carbonyl (C=O) groups is 5. The molecule has 0 aromatic carbocycles. The smallest absolute Gasteiger partial charge is 0.333 e. The van der Waals surface area contributed by atoms with Crippen LogP contribution in [0.2, 0.25) is 25.7 Å². The second-order valence-electron chi connectivity index (χ2n) is 12.8. The average molecular weight is 551 g/mol. The number of barbiturate groups is 1. The van der Waals surface area contributed by atoms with Crippen molar-refractivity contribution in [3.63, 3.8) is 0 Å². The van der Waals surface area contributed by atoms with E-state index < -0.39 is 31.5 Å². The minimum atomic E-state index is -1.29. The molecule has 0 bridgehead atoms. The molecule has 3 aliphatic heterocycles. The molecule has 1 saturated carbocycles. The number of ether oxygens (including phenoxy) is 2. The van der Waals surface area contributed by atoms with Crippen LogP contribution in [0.4, 0.5) is 9.59 Å². The minimum absolute atomic E-state index is 0.0502. The molecule has 0 aromatic heterocycles. The third kappa shape index (κ3) is 5.39. The second kappa shape index (κ2) is 10.7. The molecule has 4 aliphatic rings. The van der Waals surface area contributed by atoms with Crippen LogP contribution >= 0.6 is 0 Å². The molecular weight excluding hydrogens is 508 g/mol. The summed E-state index contributed by atoms with van der Waals surface area (Å²) < 4.78 is 11.2. The monoisotopic (exact) mass is 550 g/mol. The highest BCUT2D eigenvalue weighted by Crippen LogP contribution is 2.43. The fraction of sp³-hybridized carbons (Fsp3) is 0.808. The van der Waals surface area contributed by atoms with Gasteiger partial charge in [0.25, 0.3) is 5.91 Å². The summed E-state index contributed by atoms with van der Waals surface area (Å²) in [7, 11) is -1.29. The van der Waals surface area contributed by atoms with Crippen molar-refractivity contribution >= 4 is 37.9 Å². The Labute approximate surface area is 225 Å². The van der Waals surface area contributed by atoms with Gasteiger partial charge in [0.15, 0.2) is 5.54 Å². The predicted octanol–water partition coefficient (Wildman–Crippen LogP) is 2.87. The van der Waals surface area contributed by atoms with Crippen molar-refractivity contribution in [2.24, 2.45) is 5.41 Å². The zero-order valence-electron chi connectivity index (χ0n) is 23.4. The molecule has 212 valence electrons. The molecule has 0 atom stereocenters. The largest absolute Gasteiger partial charge is 0.375 e. The van der Waals surface area contributed by atoms with Crippen LogP contribution in [0, 0.1) is 5.41 Å². The lowest BCUT2D eigenvalue weighted by Gasteiger charge is -2.48. The van der Waals surface area contributed by atoms with Crippen molar-refractivity contribution in [2.45, 2.75) is 89.6 Å².